The van der Waals surface area contributed by atoms with E-state index < -0.39 is 0 Å². The number of hydrogen-bond acceptors (Lipinski definition) is 5. The van der Waals surface area contributed by atoms with Crippen molar-refractivity contribution in [3.8, 4) is 11.3 Å². The van der Waals surface area contributed by atoms with Gasteiger partial charge in [0.05, 0.1) is 9.72 Å². The van der Waals surface area contributed by atoms with Crippen molar-refractivity contribution in [2.75, 3.05) is 18.0 Å². The topological polar surface area (TPSA) is 42.2 Å². The Labute approximate surface area is 212 Å². The molecule has 1 saturated heterocycles. The van der Waals surface area contributed by atoms with Gasteiger partial charge in [0.15, 0.2) is 5.13 Å². The number of rotatable bonds is 4. The molecule has 3 aliphatic rings. The molecule has 1 aliphatic heterocycles. The van der Waals surface area contributed by atoms with Crippen LogP contribution in [0.4, 0.5) is 9.52 Å². The first-order valence-corrected chi connectivity index (χ1v) is 13.5. The van der Waals surface area contributed by atoms with Crippen LogP contribution in [0.15, 0.2) is 47.0 Å². The second-order valence-electron chi connectivity index (χ2n) is 10.3. The third-order valence-corrected chi connectivity index (χ3v) is 9.25. The number of thiazole rings is 1. The molecule has 178 valence electrons. The average molecular weight is 506 g/mol. The predicted octanol–water partition coefficient (Wildman–Crippen LogP) is 8.00. The third-order valence-electron chi connectivity index (χ3n) is 7.86. The molecule has 0 radical (unpaired) electrons. The van der Waals surface area contributed by atoms with Gasteiger partial charge in [-0.05, 0) is 73.8 Å². The summed E-state index contributed by atoms with van der Waals surface area (Å²) >= 11 is 8.21. The van der Waals surface area contributed by atoms with Crippen LogP contribution < -0.4 is 4.90 Å². The fourth-order valence-corrected chi connectivity index (χ4v) is 7.07. The highest BCUT2D eigenvalue weighted by molar-refractivity contribution is 7.22. The van der Waals surface area contributed by atoms with Crippen molar-refractivity contribution in [1.82, 2.24) is 10.1 Å². The molecule has 0 N–H and O–H groups in total. The van der Waals surface area contributed by atoms with E-state index in [-0.39, 0.29) is 11.2 Å². The van der Waals surface area contributed by atoms with Crippen molar-refractivity contribution in [2.24, 2.45) is 5.41 Å². The fourth-order valence-electron chi connectivity index (χ4n) is 5.72. The van der Waals surface area contributed by atoms with Crippen molar-refractivity contribution < 1.29 is 8.91 Å². The van der Waals surface area contributed by atoms with Crippen molar-refractivity contribution in [2.45, 2.75) is 44.9 Å². The smallest absolute Gasteiger partial charge is 0.186 e. The van der Waals surface area contributed by atoms with E-state index in [0.717, 1.165) is 69.8 Å². The van der Waals surface area contributed by atoms with E-state index in [4.69, 9.17) is 16.1 Å². The van der Waals surface area contributed by atoms with Gasteiger partial charge in [0, 0.05) is 30.1 Å². The van der Waals surface area contributed by atoms with E-state index in [9.17, 15) is 4.39 Å². The van der Waals surface area contributed by atoms with E-state index in [2.05, 4.69) is 34.1 Å². The first-order chi connectivity index (χ1) is 17.0. The molecule has 0 bridgehead atoms. The number of para-hydroxylation sites is 1. The van der Waals surface area contributed by atoms with Gasteiger partial charge in [0.1, 0.15) is 22.8 Å². The van der Waals surface area contributed by atoms with Gasteiger partial charge in [-0.1, -0.05) is 52.4 Å². The van der Waals surface area contributed by atoms with Gasteiger partial charge >= 0.3 is 0 Å². The number of fused-ring (bicyclic) bond motifs is 1. The molecule has 4 nitrogen and oxygen atoms in total. The van der Waals surface area contributed by atoms with Crippen molar-refractivity contribution in [3.05, 3.63) is 70.2 Å². The first kappa shape index (κ1) is 21.6. The number of anilines is 1. The van der Waals surface area contributed by atoms with Gasteiger partial charge in [0.2, 0.25) is 0 Å². The molecule has 4 aromatic rings. The Morgan fingerprint density at radius 3 is 2.60 bits per heavy atom. The highest BCUT2D eigenvalue weighted by Crippen LogP contribution is 2.56. The summed E-state index contributed by atoms with van der Waals surface area (Å²) in [5, 5.41) is 6.18. The number of piperidine rings is 1. The largest absolute Gasteiger partial charge is 0.360 e. The lowest BCUT2D eigenvalue weighted by atomic mass is 9.63. The highest BCUT2D eigenvalue weighted by Gasteiger charge is 2.44. The standard InChI is InChI=1S/C28H25ClFN3OS/c1-16-4-2-5-19(29)22(16)25-23(26(34-32-25)17-8-9-17)18-14-28(15-18)10-12-33(13-11-28)27-31-24-20(30)6-3-7-21(24)35-27/h2-7,14,17H,8-13,15H2,1H3. The minimum absolute atomic E-state index is 0.207. The van der Waals surface area contributed by atoms with Crippen molar-refractivity contribution in [3.63, 3.8) is 0 Å². The predicted molar refractivity (Wildman–Crippen MR) is 140 cm³/mol. The Kier molecular flexibility index (Phi) is 4.87. The zero-order chi connectivity index (χ0) is 23.7. The van der Waals surface area contributed by atoms with Crippen LogP contribution in [-0.4, -0.2) is 23.2 Å². The zero-order valence-corrected chi connectivity index (χ0v) is 21.1. The number of aryl methyl sites for hydroxylation is 1. The van der Waals surface area contributed by atoms with Crippen LogP contribution >= 0.6 is 22.9 Å². The van der Waals surface area contributed by atoms with Crippen LogP contribution in [0, 0.1) is 18.2 Å². The Balaban J connectivity index is 1.16. The van der Waals surface area contributed by atoms with Gasteiger partial charge < -0.3 is 9.42 Å². The molecule has 0 atom stereocenters. The SMILES string of the molecule is Cc1cccc(Cl)c1-c1noc(C2CC2)c1C1=CC2(CCN(c3nc4c(F)cccc4s3)CC2)C1. The highest BCUT2D eigenvalue weighted by atomic mass is 35.5. The Morgan fingerprint density at radius 2 is 1.89 bits per heavy atom. The van der Waals surface area contributed by atoms with Crippen LogP contribution in [0.3, 0.4) is 0 Å². The van der Waals surface area contributed by atoms with Gasteiger partial charge in [-0.15, -0.1) is 0 Å². The number of allylic oxidation sites excluding steroid dienone is 2. The Hall–Kier alpha value is -2.70. The van der Waals surface area contributed by atoms with E-state index in [1.54, 1.807) is 17.4 Å². The van der Waals surface area contributed by atoms with E-state index in [1.807, 2.05) is 18.2 Å². The number of benzene rings is 2. The molecule has 0 unspecified atom stereocenters. The van der Waals surface area contributed by atoms with E-state index in [0.29, 0.717) is 11.4 Å². The molecule has 0 amide bonds. The monoisotopic (exact) mass is 505 g/mol. The number of aromatic nitrogens is 2. The fraction of sp³-hybridized carbons (Fsp3) is 0.357. The van der Waals surface area contributed by atoms with E-state index in [1.165, 1.54) is 30.0 Å². The molecule has 2 aromatic carbocycles. The molecule has 7 heteroatoms. The quantitative estimate of drug-likeness (QED) is 0.282. The molecule has 35 heavy (non-hydrogen) atoms. The maximum Gasteiger partial charge on any atom is 0.186 e. The van der Waals surface area contributed by atoms with Crippen molar-refractivity contribution in [1.29, 1.82) is 0 Å². The molecular weight excluding hydrogens is 481 g/mol. The maximum absolute atomic E-state index is 14.1. The van der Waals surface area contributed by atoms with Crippen LogP contribution in [-0.2, 0) is 0 Å². The normalized spacial score (nSPS) is 19.3. The van der Waals surface area contributed by atoms with E-state index >= 15 is 0 Å². The lowest BCUT2D eigenvalue weighted by Crippen LogP contribution is -2.42. The second-order valence-corrected chi connectivity index (χ2v) is 11.7. The van der Waals surface area contributed by atoms with Gasteiger partial charge in [-0.3, -0.25) is 0 Å². The van der Waals surface area contributed by atoms with Crippen LogP contribution in [0.1, 0.15) is 54.9 Å². The average Bonchev–Trinajstić information content (AvgIpc) is 3.43. The third kappa shape index (κ3) is 3.53. The summed E-state index contributed by atoms with van der Waals surface area (Å²) in [5.41, 5.74) is 6.21. The van der Waals surface area contributed by atoms with Crippen LogP contribution in [0.25, 0.3) is 27.0 Å². The Bertz CT molecular complexity index is 1470. The first-order valence-electron chi connectivity index (χ1n) is 12.3. The maximum atomic E-state index is 14.1. The molecule has 2 aromatic heterocycles. The number of halogens is 2. The van der Waals surface area contributed by atoms with Gasteiger partial charge in [-0.2, -0.15) is 0 Å². The molecule has 1 spiro atoms. The van der Waals surface area contributed by atoms with Crippen molar-refractivity contribution >= 4 is 43.9 Å². The van der Waals surface area contributed by atoms with Gasteiger partial charge in [-0.25, -0.2) is 9.37 Å². The Morgan fingerprint density at radius 1 is 1.11 bits per heavy atom. The summed E-state index contributed by atoms with van der Waals surface area (Å²) in [6.07, 6.45) is 7.97. The molecule has 2 fully saturated rings. The summed E-state index contributed by atoms with van der Waals surface area (Å²) < 4.78 is 21.0. The summed E-state index contributed by atoms with van der Waals surface area (Å²) in [7, 11) is 0. The molecule has 7 rings (SSSR count). The summed E-state index contributed by atoms with van der Waals surface area (Å²) in [6.45, 7) is 3.94. The molecule has 1 saturated carbocycles. The number of nitrogens with zero attached hydrogens (tertiary/aromatic N) is 3. The lowest BCUT2D eigenvalue weighted by molar-refractivity contribution is 0.277. The second kappa shape index (κ2) is 7.90. The summed E-state index contributed by atoms with van der Waals surface area (Å²) in [5.74, 6) is 1.27. The minimum Gasteiger partial charge on any atom is -0.360 e. The minimum atomic E-state index is -0.241. The van der Waals surface area contributed by atoms with Crippen LogP contribution in [0.2, 0.25) is 5.02 Å². The molecular formula is C28H25ClFN3OS. The summed E-state index contributed by atoms with van der Waals surface area (Å²) in [4.78, 5) is 6.92. The lowest BCUT2D eigenvalue weighted by Gasteiger charge is -2.46. The zero-order valence-electron chi connectivity index (χ0n) is 19.5. The van der Waals surface area contributed by atoms with Crippen LogP contribution in [0.5, 0.6) is 0 Å². The number of hydrogen-bond donors (Lipinski definition) is 0. The molecule has 2 aliphatic carbocycles. The molecule has 3 heterocycles. The summed E-state index contributed by atoms with van der Waals surface area (Å²) in [6, 6.07) is 11.2. The van der Waals surface area contributed by atoms with Gasteiger partial charge in [0.25, 0.3) is 0 Å².